The molecule has 1 unspecified atom stereocenters. The molecule has 2 amide bonds. The Labute approximate surface area is 181 Å². The Kier molecular flexibility index (Phi) is 5.88. The average Bonchev–Trinajstić information content (AvgIpc) is 3.49. The van der Waals surface area contributed by atoms with Crippen molar-refractivity contribution >= 4 is 40.6 Å². The van der Waals surface area contributed by atoms with Gasteiger partial charge >= 0.3 is 0 Å². The Morgan fingerprint density at radius 1 is 1.30 bits per heavy atom. The van der Waals surface area contributed by atoms with Crippen LogP contribution < -0.4 is 5.32 Å². The summed E-state index contributed by atoms with van der Waals surface area (Å²) >= 11 is 2.98. The molecule has 0 bridgehead atoms. The topological polar surface area (TPSA) is 99.2 Å². The van der Waals surface area contributed by atoms with Crippen LogP contribution in [0.5, 0.6) is 0 Å². The minimum Gasteiger partial charge on any atom is -0.459 e. The molecule has 30 heavy (non-hydrogen) atoms. The first-order valence-electron chi connectivity index (χ1n) is 9.23. The third-order valence-corrected chi connectivity index (χ3v) is 6.54. The van der Waals surface area contributed by atoms with Crippen LogP contribution in [0.1, 0.15) is 17.0 Å². The molecule has 1 fully saturated rings. The Hall–Kier alpha value is -3.09. The molecule has 9 heteroatoms. The molecule has 2 aromatic heterocycles. The van der Waals surface area contributed by atoms with Gasteiger partial charge in [-0.1, -0.05) is 0 Å². The molecule has 1 aromatic carbocycles. The molecule has 0 saturated carbocycles. The summed E-state index contributed by atoms with van der Waals surface area (Å²) in [5, 5.41) is 14.3. The molecule has 3 aromatic rings. The molecule has 1 aliphatic heterocycles. The number of aryl methyl sites for hydroxylation is 1. The second-order valence-electron chi connectivity index (χ2n) is 6.79. The zero-order valence-corrected chi connectivity index (χ0v) is 17.8. The molecule has 7 nitrogen and oxygen atoms in total. The lowest BCUT2D eigenvalue weighted by atomic mass is 10.2. The Morgan fingerprint density at radius 3 is 2.80 bits per heavy atom. The number of rotatable bonds is 5. The van der Waals surface area contributed by atoms with Crippen LogP contribution in [-0.4, -0.2) is 39.4 Å². The van der Waals surface area contributed by atoms with Crippen molar-refractivity contribution in [2.75, 3.05) is 16.9 Å². The molecule has 152 valence electrons. The zero-order valence-electron chi connectivity index (χ0n) is 16.1. The maximum Gasteiger partial charge on any atom is 0.248 e. The maximum absolute atomic E-state index is 12.9. The summed E-state index contributed by atoms with van der Waals surface area (Å²) < 4.78 is 5.59. The van der Waals surface area contributed by atoms with Crippen LogP contribution >= 0.6 is 23.1 Å². The summed E-state index contributed by atoms with van der Waals surface area (Å²) in [6.07, 6.45) is 0.136. The molecule has 3 heterocycles. The summed E-state index contributed by atoms with van der Waals surface area (Å²) in [5.41, 5.74) is 1.78. The number of hydrogen-bond acceptors (Lipinski definition) is 7. The van der Waals surface area contributed by atoms with E-state index in [0.717, 1.165) is 10.8 Å². The number of furan rings is 1. The molecule has 0 aliphatic carbocycles. The van der Waals surface area contributed by atoms with Crippen molar-refractivity contribution in [1.82, 2.24) is 9.88 Å². The summed E-state index contributed by atoms with van der Waals surface area (Å²) in [7, 11) is 0. The van der Waals surface area contributed by atoms with Crippen molar-refractivity contribution in [3.8, 4) is 16.8 Å². The van der Waals surface area contributed by atoms with Crippen molar-refractivity contribution in [3.05, 3.63) is 58.8 Å². The number of nitriles is 1. The smallest absolute Gasteiger partial charge is 0.248 e. The predicted octanol–water partition coefficient (Wildman–Crippen LogP) is 3.67. The van der Waals surface area contributed by atoms with Crippen molar-refractivity contribution in [2.24, 2.45) is 0 Å². The molecule has 0 radical (unpaired) electrons. The van der Waals surface area contributed by atoms with Gasteiger partial charge in [0.05, 0.1) is 29.6 Å². The van der Waals surface area contributed by atoms with Gasteiger partial charge in [-0.2, -0.15) is 5.26 Å². The highest BCUT2D eigenvalue weighted by molar-refractivity contribution is 7.99. The van der Waals surface area contributed by atoms with Crippen LogP contribution in [0.4, 0.5) is 5.69 Å². The molecule has 1 atom stereocenters. The summed E-state index contributed by atoms with van der Waals surface area (Å²) in [4.78, 5) is 31.7. The fourth-order valence-electron chi connectivity index (χ4n) is 3.07. The summed E-state index contributed by atoms with van der Waals surface area (Å²) in [5.74, 6) is 2.15. The lowest BCUT2D eigenvalue weighted by Gasteiger charge is -2.22. The SMILES string of the molecule is Cc1ccc(-c2nc(CC(=O)N3CSCC3C(=O)Nc3ccc(C#N)cc3)cs2)o1. The maximum atomic E-state index is 12.9. The van der Waals surface area contributed by atoms with E-state index in [-0.39, 0.29) is 18.2 Å². The van der Waals surface area contributed by atoms with E-state index in [4.69, 9.17) is 9.68 Å². The minimum atomic E-state index is -0.538. The number of nitrogens with zero attached hydrogens (tertiary/aromatic N) is 3. The van der Waals surface area contributed by atoms with Crippen LogP contribution in [0.25, 0.3) is 10.8 Å². The van der Waals surface area contributed by atoms with Crippen molar-refractivity contribution in [1.29, 1.82) is 5.26 Å². The van der Waals surface area contributed by atoms with Crippen LogP contribution in [0.3, 0.4) is 0 Å². The summed E-state index contributed by atoms with van der Waals surface area (Å²) in [6.45, 7) is 1.87. The van der Waals surface area contributed by atoms with Gasteiger partial charge in [0.25, 0.3) is 0 Å². The Bertz CT molecular complexity index is 1110. The first-order valence-corrected chi connectivity index (χ1v) is 11.3. The second-order valence-corrected chi connectivity index (χ2v) is 8.65. The molecule has 1 N–H and O–H groups in total. The highest BCUT2D eigenvalue weighted by atomic mass is 32.2. The second kappa shape index (κ2) is 8.73. The third-order valence-electron chi connectivity index (χ3n) is 4.62. The van der Waals surface area contributed by atoms with E-state index in [1.165, 1.54) is 11.3 Å². The van der Waals surface area contributed by atoms with Crippen LogP contribution in [-0.2, 0) is 16.0 Å². The molecule has 1 aliphatic rings. The van der Waals surface area contributed by atoms with Crippen LogP contribution in [0.2, 0.25) is 0 Å². The fraction of sp³-hybridized carbons (Fsp3) is 0.238. The van der Waals surface area contributed by atoms with Gasteiger partial charge < -0.3 is 14.6 Å². The predicted molar refractivity (Wildman–Crippen MR) is 116 cm³/mol. The molecular weight excluding hydrogens is 420 g/mol. The quantitative estimate of drug-likeness (QED) is 0.653. The number of carbonyl (C=O) groups excluding carboxylic acids is 2. The fourth-order valence-corrected chi connectivity index (χ4v) is 5.03. The van der Waals surface area contributed by atoms with Crippen molar-refractivity contribution in [3.63, 3.8) is 0 Å². The number of benzene rings is 1. The van der Waals surface area contributed by atoms with E-state index in [2.05, 4.69) is 10.3 Å². The molecule has 0 spiro atoms. The normalized spacial score (nSPS) is 15.7. The van der Waals surface area contributed by atoms with E-state index < -0.39 is 6.04 Å². The number of thiazole rings is 1. The lowest BCUT2D eigenvalue weighted by molar-refractivity contribution is -0.135. The number of thioether (sulfide) groups is 1. The number of nitrogens with one attached hydrogen (secondary N) is 1. The van der Waals surface area contributed by atoms with E-state index in [9.17, 15) is 9.59 Å². The van der Waals surface area contributed by atoms with Crippen molar-refractivity contribution in [2.45, 2.75) is 19.4 Å². The number of hydrogen-bond donors (Lipinski definition) is 1. The largest absolute Gasteiger partial charge is 0.459 e. The molecular formula is C21H18N4O3S2. The van der Waals surface area contributed by atoms with Crippen LogP contribution in [0, 0.1) is 18.3 Å². The zero-order chi connectivity index (χ0) is 21.1. The van der Waals surface area contributed by atoms with Gasteiger partial charge in [-0.05, 0) is 43.3 Å². The third kappa shape index (κ3) is 4.40. The first kappa shape index (κ1) is 20.2. The van der Waals surface area contributed by atoms with Crippen molar-refractivity contribution < 1.29 is 14.0 Å². The standard InChI is InChI=1S/C21H18N4O3S2/c1-13-2-7-18(28-13)21-24-16(10-30-21)8-19(26)25-12-29-11-17(25)20(27)23-15-5-3-14(9-22)4-6-15/h2-7,10,17H,8,11-12H2,1H3,(H,23,27). The van der Waals surface area contributed by atoms with Crippen LogP contribution in [0.15, 0.2) is 46.2 Å². The minimum absolute atomic E-state index is 0.132. The first-order chi connectivity index (χ1) is 14.5. The van der Waals surface area contributed by atoms with Gasteiger partial charge in [0.1, 0.15) is 11.8 Å². The van der Waals surface area contributed by atoms with E-state index >= 15 is 0 Å². The molecule has 1 saturated heterocycles. The number of amides is 2. The van der Waals surface area contributed by atoms with Gasteiger partial charge in [0.15, 0.2) is 10.8 Å². The van der Waals surface area contributed by atoms with Gasteiger partial charge in [-0.25, -0.2) is 4.98 Å². The van der Waals surface area contributed by atoms with Gasteiger partial charge in [-0.15, -0.1) is 23.1 Å². The highest BCUT2D eigenvalue weighted by Crippen LogP contribution is 2.27. The summed E-state index contributed by atoms with van der Waals surface area (Å²) in [6, 6.07) is 11.9. The number of aromatic nitrogens is 1. The van der Waals surface area contributed by atoms with E-state index in [1.807, 2.05) is 30.5 Å². The monoisotopic (exact) mass is 438 g/mol. The van der Waals surface area contributed by atoms with E-state index in [1.54, 1.807) is 40.9 Å². The highest BCUT2D eigenvalue weighted by Gasteiger charge is 2.34. The number of anilines is 1. The molecule has 4 rings (SSSR count). The van der Waals surface area contributed by atoms with Gasteiger partial charge in [0.2, 0.25) is 11.8 Å². The van der Waals surface area contributed by atoms with Gasteiger partial charge in [-0.3, -0.25) is 9.59 Å². The van der Waals surface area contributed by atoms with Gasteiger partial charge in [0, 0.05) is 16.8 Å². The Balaban J connectivity index is 1.40. The average molecular weight is 439 g/mol. The van der Waals surface area contributed by atoms with E-state index in [0.29, 0.717) is 34.3 Å². The lowest BCUT2D eigenvalue weighted by Crippen LogP contribution is -2.45. The number of carbonyl (C=O) groups is 2. The Morgan fingerprint density at radius 2 is 2.10 bits per heavy atom.